The zero-order valence-corrected chi connectivity index (χ0v) is 7.02. The van der Waals surface area contributed by atoms with Crippen LogP contribution in [0.5, 0.6) is 0 Å². The van der Waals surface area contributed by atoms with Crippen LogP contribution >= 0.6 is 15.9 Å². The third-order valence-corrected chi connectivity index (χ3v) is 2.04. The van der Waals surface area contributed by atoms with Crippen LogP contribution in [-0.2, 0) is 0 Å². The predicted molar refractivity (Wildman–Crippen MR) is 44.9 cm³/mol. The average Bonchev–Trinajstić information content (AvgIpc) is 2.34. The van der Waals surface area contributed by atoms with Crippen molar-refractivity contribution >= 4 is 15.9 Å². The Morgan fingerprint density at radius 1 is 1.56 bits per heavy atom. The Balaban J connectivity index is 2.14. The van der Waals surface area contributed by atoms with Crippen molar-refractivity contribution in [3.05, 3.63) is 23.8 Å². The highest BCUT2D eigenvalue weighted by molar-refractivity contribution is 9.09. The fraction of sp³-hybridized carbons (Fsp3) is 0.500. The van der Waals surface area contributed by atoms with Crippen molar-refractivity contribution in [2.24, 2.45) is 0 Å². The number of rotatable bonds is 3. The second-order valence-electron chi connectivity index (χ2n) is 2.25. The molecule has 0 radical (unpaired) electrons. The van der Waals surface area contributed by atoms with E-state index >= 15 is 0 Å². The van der Waals surface area contributed by atoms with E-state index in [1.54, 1.807) is 5.57 Å². The largest absolute Gasteiger partial charge is 0.0928 e. The Kier molecular flexibility index (Phi) is 3.05. The van der Waals surface area contributed by atoms with Crippen molar-refractivity contribution in [2.45, 2.75) is 19.3 Å². The Morgan fingerprint density at radius 3 is 3.00 bits per heavy atom. The predicted octanol–water partition coefficient (Wildman–Crippen LogP) is 3.05. The molecule has 0 spiro atoms. The second kappa shape index (κ2) is 3.89. The topological polar surface area (TPSA) is 0 Å². The second-order valence-corrected chi connectivity index (χ2v) is 3.04. The Labute approximate surface area is 64.8 Å². The fourth-order valence-electron chi connectivity index (χ4n) is 0.971. The summed E-state index contributed by atoms with van der Waals surface area (Å²) >= 11 is 3.41. The molecule has 0 unspecified atom stereocenters. The summed E-state index contributed by atoms with van der Waals surface area (Å²) in [5, 5.41) is 1.13. The molecule has 0 aromatic heterocycles. The minimum Gasteiger partial charge on any atom is -0.0928 e. The van der Waals surface area contributed by atoms with Crippen LogP contribution in [0.25, 0.3) is 0 Å². The molecule has 0 saturated carbocycles. The molecule has 0 amide bonds. The van der Waals surface area contributed by atoms with Crippen LogP contribution in [0.4, 0.5) is 0 Å². The van der Waals surface area contributed by atoms with E-state index in [9.17, 15) is 0 Å². The van der Waals surface area contributed by atoms with Gasteiger partial charge in [0.2, 0.25) is 0 Å². The maximum absolute atomic E-state index is 3.41. The van der Waals surface area contributed by atoms with E-state index in [0.717, 1.165) is 5.33 Å². The van der Waals surface area contributed by atoms with Gasteiger partial charge in [-0.15, -0.1) is 0 Å². The van der Waals surface area contributed by atoms with Gasteiger partial charge >= 0.3 is 0 Å². The molecule has 50 valence electrons. The average molecular weight is 187 g/mol. The smallest absolute Gasteiger partial charge is 0.00343 e. The zero-order valence-electron chi connectivity index (χ0n) is 5.44. The number of allylic oxidation sites excluding steroid dienone is 4. The SMILES string of the molecule is BrCCCC1=CC=CC1. The number of hydrogen-bond donors (Lipinski definition) is 0. The quantitative estimate of drug-likeness (QED) is 0.595. The molecule has 1 aliphatic carbocycles. The van der Waals surface area contributed by atoms with Crippen LogP contribution in [0.2, 0.25) is 0 Å². The highest BCUT2D eigenvalue weighted by Crippen LogP contribution is 2.16. The molecule has 0 aliphatic heterocycles. The molecule has 0 aromatic rings. The van der Waals surface area contributed by atoms with Crippen LogP contribution in [0.3, 0.4) is 0 Å². The molecule has 0 N–H and O–H groups in total. The maximum Gasteiger partial charge on any atom is 0.00343 e. The summed E-state index contributed by atoms with van der Waals surface area (Å²) in [4.78, 5) is 0. The van der Waals surface area contributed by atoms with Gasteiger partial charge in [-0.3, -0.25) is 0 Å². The lowest BCUT2D eigenvalue weighted by molar-refractivity contribution is 0.902. The molecule has 9 heavy (non-hydrogen) atoms. The molecule has 0 atom stereocenters. The summed E-state index contributed by atoms with van der Waals surface area (Å²) in [5.41, 5.74) is 1.58. The van der Waals surface area contributed by atoms with E-state index in [1.165, 1.54) is 19.3 Å². The van der Waals surface area contributed by atoms with E-state index in [1.807, 2.05) is 0 Å². The van der Waals surface area contributed by atoms with Crippen molar-refractivity contribution in [3.63, 3.8) is 0 Å². The van der Waals surface area contributed by atoms with Crippen LogP contribution in [0.1, 0.15) is 19.3 Å². The third kappa shape index (κ3) is 2.35. The summed E-state index contributed by atoms with van der Waals surface area (Å²) < 4.78 is 0. The van der Waals surface area contributed by atoms with Crippen molar-refractivity contribution in [3.8, 4) is 0 Å². The van der Waals surface area contributed by atoms with Crippen molar-refractivity contribution < 1.29 is 0 Å². The molecular weight excluding hydrogens is 176 g/mol. The first-order valence-electron chi connectivity index (χ1n) is 3.34. The lowest BCUT2D eigenvalue weighted by Crippen LogP contribution is -1.79. The van der Waals surface area contributed by atoms with Crippen molar-refractivity contribution in [1.82, 2.24) is 0 Å². The van der Waals surface area contributed by atoms with Gasteiger partial charge in [0.15, 0.2) is 0 Å². The van der Waals surface area contributed by atoms with Crippen LogP contribution < -0.4 is 0 Å². The lowest BCUT2D eigenvalue weighted by atomic mass is 10.1. The monoisotopic (exact) mass is 186 g/mol. The van der Waals surface area contributed by atoms with Crippen LogP contribution in [0, 0.1) is 0 Å². The first-order chi connectivity index (χ1) is 4.43. The van der Waals surface area contributed by atoms with Crippen molar-refractivity contribution in [2.75, 3.05) is 5.33 Å². The zero-order chi connectivity index (χ0) is 6.53. The first-order valence-corrected chi connectivity index (χ1v) is 4.46. The van der Waals surface area contributed by atoms with Gasteiger partial charge in [0.25, 0.3) is 0 Å². The summed E-state index contributed by atoms with van der Waals surface area (Å²) in [6.45, 7) is 0. The summed E-state index contributed by atoms with van der Waals surface area (Å²) in [6.07, 6.45) is 10.3. The highest BCUT2D eigenvalue weighted by Gasteiger charge is 1.96. The van der Waals surface area contributed by atoms with Crippen molar-refractivity contribution in [1.29, 1.82) is 0 Å². The third-order valence-electron chi connectivity index (χ3n) is 1.48. The summed E-state index contributed by atoms with van der Waals surface area (Å²) in [5.74, 6) is 0. The molecular formula is C8H11Br. The van der Waals surface area contributed by atoms with Gasteiger partial charge < -0.3 is 0 Å². The number of halogens is 1. The highest BCUT2D eigenvalue weighted by atomic mass is 79.9. The van der Waals surface area contributed by atoms with Gasteiger partial charge in [0.05, 0.1) is 0 Å². The van der Waals surface area contributed by atoms with Gasteiger partial charge in [0.1, 0.15) is 0 Å². The molecule has 1 heteroatoms. The van der Waals surface area contributed by atoms with Crippen LogP contribution in [0.15, 0.2) is 23.8 Å². The van der Waals surface area contributed by atoms with E-state index < -0.39 is 0 Å². The van der Waals surface area contributed by atoms with E-state index in [-0.39, 0.29) is 0 Å². The molecule has 1 rings (SSSR count). The number of hydrogen-bond acceptors (Lipinski definition) is 0. The van der Waals surface area contributed by atoms with Gasteiger partial charge in [-0.25, -0.2) is 0 Å². The lowest BCUT2D eigenvalue weighted by Gasteiger charge is -1.96. The van der Waals surface area contributed by atoms with E-state index in [2.05, 4.69) is 34.2 Å². The van der Waals surface area contributed by atoms with Gasteiger partial charge in [-0.05, 0) is 19.3 Å². The van der Waals surface area contributed by atoms with Gasteiger partial charge in [-0.2, -0.15) is 0 Å². The van der Waals surface area contributed by atoms with Gasteiger partial charge in [-0.1, -0.05) is 39.7 Å². The van der Waals surface area contributed by atoms with Crippen LogP contribution in [-0.4, -0.2) is 5.33 Å². The number of alkyl halides is 1. The Hall–Kier alpha value is -0.0400. The minimum atomic E-state index is 1.13. The molecule has 0 bridgehead atoms. The molecule has 0 aromatic carbocycles. The van der Waals surface area contributed by atoms with E-state index in [4.69, 9.17) is 0 Å². The molecule has 0 nitrogen and oxygen atoms in total. The summed E-state index contributed by atoms with van der Waals surface area (Å²) in [6, 6.07) is 0. The molecule has 1 aliphatic rings. The maximum atomic E-state index is 3.41. The molecule has 0 fully saturated rings. The minimum absolute atomic E-state index is 1.13. The standard InChI is InChI=1S/C8H11Br/c9-7-3-6-8-4-1-2-5-8/h1-2,4H,3,5-7H2. The Morgan fingerprint density at radius 2 is 2.44 bits per heavy atom. The summed E-state index contributed by atoms with van der Waals surface area (Å²) in [7, 11) is 0. The molecule has 0 heterocycles. The van der Waals surface area contributed by atoms with Gasteiger partial charge in [0, 0.05) is 5.33 Å². The van der Waals surface area contributed by atoms with E-state index in [0.29, 0.717) is 0 Å². The molecule has 0 saturated heterocycles. The Bertz CT molecular complexity index is 134. The first kappa shape index (κ1) is 7.07. The fourth-order valence-corrected chi connectivity index (χ4v) is 1.25. The normalized spacial score (nSPS) is 16.3.